The molecule has 0 spiro atoms. The molecule has 1 aliphatic rings. The Hall–Kier alpha value is -5.48. The Kier molecular flexibility index (Phi) is 7.25. The molecule has 1 aliphatic heterocycles. The lowest BCUT2D eigenvalue weighted by atomic mass is 10.0. The van der Waals surface area contributed by atoms with Crippen LogP contribution in [0.3, 0.4) is 0 Å². The number of benzene rings is 4. The molecule has 7 rings (SSSR count). The van der Waals surface area contributed by atoms with E-state index in [1.165, 1.54) is 4.68 Å². The predicted octanol–water partition coefficient (Wildman–Crippen LogP) is 5.09. The largest absolute Gasteiger partial charge is 0.496 e. The van der Waals surface area contributed by atoms with Crippen molar-refractivity contribution in [3.05, 3.63) is 101 Å². The van der Waals surface area contributed by atoms with Crippen molar-refractivity contribution in [2.45, 2.75) is 0 Å². The average Bonchev–Trinajstić information content (AvgIpc) is 3.52. The van der Waals surface area contributed by atoms with Crippen molar-refractivity contribution in [2.75, 3.05) is 40.0 Å². The summed E-state index contributed by atoms with van der Waals surface area (Å²) in [4.78, 5) is 33.2. The maximum Gasteiger partial charge on any atom is 0.282 e. The molecular weight excluding hydrogens is 560 g/mol. The van der Waals surface area contributed by atoms with Crippen LogP contribution < -0.4 is 15.0 Å². The van der Waals surface area contributed by atoms with Gasteiger partial charge < -0.3 is 23.5 Å². The number of para-hydroxylation sites is 1. The van der Waals surface area contributed by atoms with Gasteiger partial charge in [-0.15, -0.1) is 0 Å². The summed E-state index contributed by atoms with van der Waals surface area (Å²) in [7, 11) is 1.59. The van der Waals surface area contributed by atoms with Crippen LogP contribution in [0, 0.1) is 0 Å². The Labute approximate surface area is 251 Å². The molecule has 0 radical (unpaired) electrons. The Morgan fingerprint density at radius 1 is 0.932 bits per heavy atom. The summed E-state index contributed by atoms with van der Waals surface area (Å²) in [5, 5.41) is 7.64. The van der Waals surface area contributed by atoms with Gasteiger partial charge in [0.05, 0.1) is 42.8 Å². The molecule has 0 saturated carbocycles. The number of hydrogen-bond acceptors (Lipinski definition) is 8. The van der Waals surface area contributed by atoms with Gasteiger partial charge in [-0.3, -0.25) is 9.59 Å². The third-order valence-corrected chi connectivity index (χ3v) is 7.66. The second kappa shape index (κ2) is 11.7. The van der Waals surface area contributed by atoms with E-state index in [4.69, 9.17) is 23.6 Å². The Morgan fingerprint density at radius 3 is 2.57 bits per heavy atom. The summed E-state index contributed by atoms with van der Waals surface area (Å²) in [6.45, 7) is 1.94. The van der Waals surface area contributed by atoms with E-state index >= 15 is 0 Å². The van der Waals surface area contributed by atoms with Crippen LogP contribution in [0.2, 0.25) is 0 Å². The van der Waals surface area contributed by atoms with E-state index in [2.05, 4.69) is 5.10 Å². The van der Waals surface area contributed by atoms with Gasteiger partial charge in [-0.25, -0.2) is 4.98 Å². The first kappa shape index (κ1) is 27.4. The Balaban J connectivity index is 1.34. The number of rotatable bonds is 7. The fourth-order valence-corrected chi connectivity index (χ4v) is 5.41. The fourth-order valence-electron chi connectivity index (χ4n) is 5.41. The zero-order chi connectivity index (χ0) is 30.0. The monoisotopic (exact) mass is 588 g/mol. The van der Waals surface area contributed by atoms with Crippen molar-refractivity contribution in [1.82, 2.24) is 14.6 Å². The predicted molar refractivity (Wildman–Crippen MR) is 168 cm³/mol. The van der Waals surface area contributed by atoms with Crippen LogP contribution in [-0.2, 0) is 9.53 Å². The van der Waals surface area contributed by atoms with Crippen LogP contribution >= 0.6 is 0 Å². The number of amides is 1. The zero-order valence-corrected chi connectivity index (χ0v) is 23.9. The number of carbonyl (C=O) groups is 1. The lowest BCUT2D eigenvalue weighted by Gasteiger charge is -2.26. The van der Waals surface area contributed by atoms with Crippen LogP contribution in [0.15, 0.2) is 99.2 Å². The topological polar surface area (TPSA) is 108 Å². The number of fused-ring (bicyclic) bond motifs is 3. The quantitative estimate of drug-likeness (QED) is 0.239. The maximum absolute atomic E-state index is 13.9. The molecule has 0 N–H and O–H groups in total. The molecule has 220 valence electrons. The molecule has 0 bridgehead atoms. The minimum atomic E-state index is -0.362. The molecule has 10 heteroatoms. The van der Waals surface area contributed by atoms with Crippen LogP contribution in [-0.4, -0.2) is 66.7 Å². The van der Waals surface area contributed by atoms with Gasteiger partial charge in [-0.05, 0) is 47.2 Å². The summed E-state index contributed by atoms with van der Waals surface area (Å²) >= 11 is 0. The molecule has 2 aromatic heterocycles. The van der Waals surface area contributed by atoms with Crippen molar-refractivity contribution < 1.29 is 23.4 Å². The molecule has 6 aromatic rings. The molecule has 44 heavy (non-hydrogen) atoms. The van der Waals surface area contributed by atoms with Crippen molar-refractivity contribution in [1.29, 1.82) is 0 Å². The second-order valence-electron chi connectivity index (χ2n) is 10.3. The number of morpholine rings is 1. The Morgan fingerprint density at radius 2 is 1.73 bits per heavy atom. The average molecular weight is 589 g/mol. The van der Waals surface area contributed by atoms with E-state index < -0.39 is 0 Å². The summed E-state index contributed by atoms with van der Waals surface area (Å²) in [5.41, 5.74) is 1.36. The number of methoxy groups -OCH3 is 1. The van der Waals surface area contributed by atoms with Gasteiger partial charge in [0.25, 0.3) is 11.5 Å². The van der Waals surface area contributed by atoms with Crippen molar-refractivity contribution in [3.8, 4) is 23.1 Å². The van der Waals surface area contributed by atoms with E-state index in [9.17, 15) is 9.59 Å². The highest BCUT2D eigenvalue weighted by Gasteiger charge is 2.20. The van der Waals surface area contributed by atoms with E-state index in [1.54, 1.807) is 42.5 Å². The molecule has 10 nitrogen and oxygen atoms in total. The van der Waals surface area contributed by atoms with E-state index in [0.29, 0.717) is 65.6 Å². The van der Waals surface area contributed by atoms with Gasteiger partial charge in [0.15, 0.2) is 12.4 Å². The summed E-state index contributed by atoms with van der Waals surface area (Å²) < 4.78 is 24.3. The van der Waals surface area contributed by atoms with Gasteiger partial charge in [0, 0.05) is 18.7 Å². The molecule has 3 heterocycles. The van der Waals surface area contributed by atoms with Crippen molar-refractivity contribution >= 4 is 44.8 Å². The van der Waals surface area contributed by atoms with Gasteiger partial charge >= 0.3 is 0 Å². The number of furan rings is 1. The number of aromatic nitrogens is 2. The first-order valence-corrected chi connectivity index (χ1v) is 14.2. The summed E-state index contributed by atoms with van der Waals surface area (Å²) in [6, 6.07) is 25.9. The lowest BCUT2D eigenvalue weighted by Crippen LogP contribution is -2.43. The number of hydrogen-bond donors (Lipinski definition) is 0. The van der Waals surface area contributed by atoms with E-state index in [0.717, 1.165) is 16.2 Å². The molecule has 0 atom stereocenters. The minimum Gasteiger partial charge on any atom is -0.496 e. The molecular formula is C34H28N4O6. The SMILES string of the molecule is COc1cccc2oc(-c3nc4ccccc4c(=O)n3N=Cc3c(OCC(=O)N4CCOCC4)ccc4ccccc34)cc12. The third-order valence-electron chi connectivity index (χ3n) is 7.66. The molecule has 4 aromatic carbocycles. The minimum absolute atomic E-state index is 0.123. The summed E-state index contributed by atoms with van der Waals surface area (Å²) in [5.74, 6) is 1.57. The molecule has 1 amide bonds. The molecule has 0 aliphatic carbocycles. The first-order valence-electron chi connectivity index (χ1n) is 14.2. The molecule has 1 fully saturated rings. The van der Waals surface area contributed by atoms with Gasteiger partial charge in [0.2, 0.25) is 5.82 Å². The van der Waals surface area contributed by atoms with Crippen molar-refractivity contribution in [3.63, 3.8) is 0 Å². The van der Waals surface area contributed by atoms with Crippen LogP contribution in [0.25, 0.3) is 44.2 Å². The van der Waals surface area contributed by atoms with Crippen LogP contribution in [0.5, 0.6) is 11.5 Å². The smallest absolute Gasteiger partial charge is 0.282 e. The van der Waals surface area contributed by atoms with E-state index in [-0.39, 0.29) is 23.9 Å². The third kappa shape index (κ3) is 5.05. The van der Waals surface area contributed by atoms with Crippen LogP contribution in [0.1, 0.15) is 5.56 Å². The Bertz CT molecular complexity index is 2110. The molecule has 0 unspecified atom stereocenters. The second-order valence-corrected chi connectivity index (χ2v) is 10.3. The highest BCUT2D eigenvalue weighted by atomic mass is 16.5. The van der Waals surface area contributed by atoms with Gasteiger partial charge in [-0.1, -0.05) is 48.5 Å². The number of ether oxygens (including phenoxy) is 3. The summed E-state index contributed by atoms with van der Waals surface area (Å²) in [6.07, 6.45) is 1.57. The first-order chi connectivity index (χ1) is 21.6. The fraction of sp³-hybridized carbons (Fsp3) is 0.176. The van der Waals surface area contributed by atoms with E-state index in [1.807, 2.05) is 60.7 Å². The zero-order valence-electron chi connectivity index (χ0n) is 23.9. The van der Waals surface area contributed by atoms with Crippen LogP contribution in [0.4, 0.5) is 0 Å². The van der Waals surface area contributed by atoms with Crippen molar-refractivity contribution in [2.24, 2.45) is 5.10 Å². The highest BCUT2D eigenvalue weighted by Crippen LogP contribution is 2.33. The van der Waals surface area contributed by atoms with Gasteiger partial charge in [0.1, 0.15) is 17.1 Å². The normalized spacial score (nSPS) is 13.7. The standard InChI is InChI=1S/C34H28N4O6/c1-41-28-11-6-12-30-25(28)19-31(44-30)33-36-27-10-5-4-9-24(27)34(40)38(33)35-20-26-23-8-3-2-7-22(23)13-14-29(26)43-21-32(39)37-15-17-42-18-16-37/h2-14,19-20H,15-18,21H2,1H3. The lowest BCUT2D eigenvalue weighted by molar-refractivity contribution is -0.137. The number of nitrogens with zero attached hydrogens (tertiary/aromatic N) is 4. The highest BCUT2D eigenvalue weighted by molar-refractivity contribution is 6.02. The maximum atomic E-state index is 13.9. The number of carbonyl (C=O) groups excluding carboxylic acids is 1. The molecule has 1 saturated heterocycles. The van der Waals surface area contributed by atoms with Gasteiger partial charge in [-0.2, -0.15) is 9.78 Å².